The SMILES string of the molecule is CCC(CN(C)c1ccc2[nH]c(=O)[nH]c2c1)C(=O)O. The second kappa shape index (κ2) is 5.17. The van der Waals surface area contributed by atoms with Gasteiger partial charge in [0.15, 0.2) is 0 Å². The lowest BCUT2D eigenvalue weighted by Crippen LogP contribution is -2.29. The molecule has 1 unspecified atom stereocenters. The van der Waals surface area contributed by atoms with E-state index in [1.165, 1.54) is 0 Å². The maximum Gasteiger partial charge on any atom is 0.323 e. The third-order valence-electron chi connectivity index (χ3n) is 3.28. The molecule has 1 aromatic heterocycles. The zero-order chi connectivity index (χ0) is 14.0. The number of hydrogen-bond donors (Lipinski definition) is 3. The van der Waals surface area contributed by atoms with E-state index in [1.54, 1.807) is 6.07 Å². The van der Waals surface area contributed by atoms with Crippen molar-refractivity contribution in [2.24, 2.45) is 5.92 Å². The lowest BCUT2D eigenvalue weighted by molar-refractivity contribution is -0.141. The van der Waals surface area contributed by atoms with Crippen LogP contribution in [0.3, 0.4) is 0 Å². The number of aromatic amines is 2. The number of benzene rings is 1. The van der Waals surface area contributed by atoms with Crippen molar-refractivity contribution >= 4 is 22.7 Å². The Morgan fingerprint density at radius 2 is 2.05 bits per heavy atom. The van der Waals surface area contributed by atoms with Crippen molar-refractivity contribution in [3.05, 3.63) is 28.7 Å². The van der Waals surface area contributed by atoms with Gasteiger partial charge in [0.25, 0.3) is 0 Å². The average Bonchev–Trinajstić information content (AvgIpc) is 2.74. The molecule has 0 saturated heterocycles. The Kier molecular flexibility index (Phi) is 3.59. The summed E-state index contributed by atoms with van der Waals surface area (Å²) >= 11 is 0. The van der Waals surface area contributed by atoms with Crippen molar-refractivity contribution in [2.45, 2.75) is 13.3 Å². The minimum absolute atomic E-state index is 0.244. The molecule has 0 bridgehead atoms. The van der Waals surface area contributed by atoms with E-state index in [9.17, 15) is 9.59 Å². The zero-order valence-corrected chi connectivity index (χ0v) is 10.9. The molecule has 0 saturated carbocycles. The third-order valence-corrected chi connectivity index (χ3v) is 3.28. The lowest BCUT2D eigenvalue weighted by Gasteiger charge is -2.22. The summed E-state index contributed by atoms with van der Waals surface area (Å²) in [5.41, 5.74) is 2.10. The molecule has 0 aliphatic carbocycles. The number of aliphatic carboxylic acids is 1. The van der Waals surface area contributed by atoms with Crippen LogP contribution in [0.5, 0.6) is 0 Å². The molecule has 3 N–H and O–H groups in total. The number of anilines is 1. The number of rotatable bonds is 5. The van der Waals surface area contributed by atoms with Gasteiger partial charge in [0.05, 0.1) is 17.0 Å². The molecule has 0 radical (unpaired) electrons. The first-order chi connectivity index (χ1) is 9.01. The molecule has 102 valence electrons. The first-order valence-corrected chi connectivity index (χ1v) is 6.17. The number of aromatic nitrogens is 2. The molecule has 2 aromatic rings. The largest absolute Gasteiger partial charge is 0.481 e. The lowest BCUT2D eigenvalue weighted by atomic mass is 10.1. The second-order valence-electron chi connectivity index (χ2n) is 4.63. The zero-order valence-electron chi connectivity index (χ0n) is 10.9. The van der Waals surface area contributed by atoms with Gasteiger partial charge >= 0.3 is 11.7 Å². The highest BCUT2D eigenvalue weighted by molar-refractivity contribution is 5.79. The van der Waals surface area contributed by atoms with Gasteiger partial charge in [-0.25, -0.2) is 4.79 Å². The van der Waals surface area contributed by atoms with Gasteiger partial charge in [-0.1, -0.05) is 6.92 Å². The predicted octanol–water partition coefficient (Wildman–Crippen LogP) is 1.40. The van der Waals surface area contributed by atoms with Gasteiger partial charge < -0.3 is 20.0 Å². The van der Waals surface area contributed by atoms with Crippen LogP contribution in [0.2, 0.25) is 0 Å². The molecule has 0 fully saturated rings. The van der Waals surface area contributed by atoms with Gasteiger partial charge in [-0.05, 0) is 24.6 Å². The molecule has 1 heterocycles. The normalized spacial score (nSPS) is 12.5. The molecular weight excluding hydrogens is 246 g/mol. The molecular formula is C13H17N3O3. The number of hydrogen-bond acceptors (Lipinski definition) is 3. The molecule has 1 atom stereocenters. The fourth-order valence-corrected chi connectivity index (χ4v) is 2.08. The molecule has 2 rings (SSSR count). The van der Waals surface area contributed by atoms with Crippen LogP contribution in [-0.2, 0) is 4.79 Å². The van der Waals surface area contributed by atoms with Crippen molar-refractivity contribution < 1.29 is 9.90 Å². The summed E-state index contributed by atoms with van der Waals surface area (Å²) in [4.78, 5) is 29.5. The number of nitrogens with one attached hydrogen (secondary N) is 2. The van der Waals surface area contributed by atoms with E-state index in [0.29, 0.717) is 13.0 Å². The van der Waals surface area contributed by atoms with Gasteiger partial charge in [0, 0.05) is 19.3 Å². The van der Waals surface area contributed by atoms with E-state index in [-0.39, 0.29) is 5.69 Å². The number of carboxylic acid groups (broad SMARTS) is 1. The highest BCUT2D eigenvalue weighted by Gasteiger charge is 2.17. The van der Waals surface area contributed by atoms with Gasteiger partial charge in [-0.3, -0.25) is 4.79 Å². The number of nitrogens with zero attached hydrogens (tertiary/aromatic N) is 1. The van der Waals surface area contributed by atoms with Gasteiger partial charge in [0.1, 0.15) is 0 Å². The van der Waals surface area contributed by atoms with Crippen molar-refractivity contribution in [3.8, 4) is 0 Å². The van der Waals surface area contributed by atoms with Crippen LogP contribution < -0.4 is 10.6 Å². The first-order valence-electron chi connectivity index (χ1n) is 6.17. The number of imidazole rings is 1. The molecule has 19 heavy (non-hydrogen) atoms. The Balaban J connectivity index is 2.23. The maximum atomic E-state index is 11.2. The van der Waals surface area contributed by atoms with E-state index >= 15 is 0 Å². The Morgan fingerprint density at radius 1 is 1.37 bits per heavy atom. The summed E-state index contributed by atoms with van der Waals surface area (Å²) in [6.07, 6.45) is 0.586. The standard InChI is InChI=1S/C13H17N3O3/c1-3-8(12(17)18)7-16(2)9-4-5-10-11(6-9)15-13(19)14-10/h4-6,8H,3,7H2,1-2H3,(H,17,18)(H2,14,15,19). The Bertz CT molecular complexity index is 644. The second-order valence-corrected chi connectivity index (χ2v) is 4.63. The van der Waals surface area contributed by atoms with Crippen LogP contribution in [0.1, 0.15) is 13.3 Å². The van der Waals surface area contributed by atoms with E-state index in [1.807, 2.05) is 31.0 Å². The molecule has 0 aliphatic heterocycles. The first kappa shape index (κ1) is 13.2. The summed E-state index contributed by atoms with van der Waals surface area (Å²) in [6, 6.07) is 5.50. The van der Waals surface area contributed by atoms with Crippen LogP contribution in [0.15, 0.2) is 23.0 Å². The summed E-state index contributed by atoms with van der Waals surface area (Å²) in [5.74, 6) is -1.18. The minimum atomic E-state index is -0.787. The fourth-order valence-electron chi connectivity index (χ4n) is 2.08. The van der Waals surface area contributed by atoms with Crippen molar-refractivity contribution in [3.63, 3.8) is 0 Å². The van der Waals surface area contributed by atoms with Gasteiger partial charge in [0.2, 0.25) is 0 Å². The number of H-pyrrole nitrogens is 2. The quantitative estimate of drug-likeness (QED) is 0.760. The average molecular weight is 263 g/mol. The molecule has 1 aromatic carbocycles. The summed E-state index contributed by atoms with van der Waals surface area (Å²) in [6.45, 7) is 2.30. The monoisotopic (exact) mass is 263 g/mol. The number of carboxylic acids is 1. The van der Waals surface area contributed by atoms with Crippen molar-refractivity contribution in [2.75, 3.05) is 18.5 Å². The fraction of sp³-hybridized carbons (Fsp3) is 0.385. The van der Waals surface area contributed by atoms with Crippen LogP contribution in [0, 0.1) is 5.92 Å². The van der Waals surface area contributed by atoms with E-state index in [0.717, 1.165) is 16.7 Å². The highest BCUT2D eigenvalue weighted by atomic mass is 16.4. The molecule has 6 heteroatoms. The highest BCUT2D eigenvalue weighted by Crippen LogP contribution is 2.19. The minimum Gasteiger partial charge on any atom is -0.481 e. The van der Waals surface area contributed by atoms with Gasteiger partial charge in [-0.15, -0.1) is 0 Å². The summed E-state index contributed by atoms with van der Waals surface area (Å²) in [7, 11) is 1.84. The van der Waals surface area contributed by atoms with E-state index < -0.39 is 11.9 Å². The molecule has 0 spiro atoms. The number of fused-ring (bicyclic) bond motifs is 1. The van der Waals surface area contributed by atoms with Crippen LogP contribution in [0.4, 0.5) is 5.69 Å². The summed E-state index contributed by atoms with van der Waals surface area (Å²) in [5, 5.41) is 9.06. The Labute approximate surface area is 110 Å². The Morgan fingerprint density at radius 3 is 2.68 bits per heavy atom. The van der Waals surface area contributed by atoms with Crippen LogP contribution in [0.25, 0.3) is 11.0 Å². The van der Waals surface area contributed by atoms with Crippen molar-refractivity contribution in [1.29, 1.82) is 0 Å². The van der Waals surface area contributed by atoms with Crippen LogP contribution in [-0.4, -0.2) is 34.6 Å². The van der Waals surface area contributed by atoms with E-state index in [2.05, 4.69) is 9.97 Å². The van der Waals surface area contributed by atoms with Gasteiger partial charge in [-0.2, -0.15) is 0 Å². The van der Waals surface area contributed by atoms with E-state index in [4.69, 9.17) is 5.11 Å². The predicted molar refractivity (Wildman–Crippen MR) is 73.6 cm³/mol. The molecule has 0 aliphatic rings. The number of carbonyl (C=O) groups is 1. The molecule has 0 amide bonds. The topological polar surface area (TPSA) is 89.2 Å². The molecule has 6 nitrogen and oxygen atoms in total. The third kappa shape index (κ3) is 2.78. The smallest absolute Gasteiger partial charge is 0.323 e. The maximum absolute atomic E-state index is 11.2. The summed E-state index contributed by atoms with van der Waals surface area (Å²) < 4.78 is 0. The Hall–Kier alpha value is -2.24. The van der Waals surface area contributed by atoms with Crippen LogP contribution >= 0.6 is 0 Å². The van der Waals surface area contributed by atoms with Crippen molar-refractivity contribution in [1.82, 2.24) is 9.97 Å².